The van der Waals surface area contributed by atoms with E-state index in [1.807, 2.05) is 18.2 Å². The number of hydrogen-bond donors (Lipinski definition) is 0. The number of halogens is 3. The van der Waals surface area contributed by atoms with E-state index in [9.17, 15) is 18.0 Å². The average molecular weight is 520 g/mol. The van der Waals surface area contributed by atoms with Crippen LogP contribution in [0.5, 0.6) is 5.75 Å². The van der Waals surface area contributed by atoms with E-state index in [4.69, 9.17) is 9.47 Å². The number of benzene rings is 2. The molecular formula is C26H28F3N3O3S. The number of fused-ring (bicyclic) bond motifs is 1. The Morgan fingerprint density at radius 2 is 1.75 bits per heavy atom. The smallest absolute Gasteiger partial charge is 0.416 e. The molecule has 0 spiro atoms. The zero-order valence-electron chi connectivity index (χ0n) is 20.4. The van der Waals surface area contributed by atoms with Crippen molar-refractivity contribution in [3.05, 3.63) is 64.2 Å². The molecule has 0 bridgehead atoms. The summed E-state index contributed by atoms with van der Waals surface area (Å²) in [7, 11) is 0. The summed E-state index contributed by atoms with van der Waals surface area (Å²) in [6, 6.07) is 10.8. The molecular weight excluding hydrogens is 491 g/mol. The summed E-state index contributed by atoms with van der Waals surface area (Å²) in [5, 5.41) is 0.816. The third kappa shape index (κ3) is 6.22. The Bertz CT molecular complexity index is 1210. The predicted octanol–water partition coefficient (Wildman–Crippen LogP) is 5.55. The molecule has 0 atom stereocenters. The van der Waals surface area contributed by atoms with Gasteiger partial charge in [0.2, 0.25) is 0 Å². The largest absolute Gasteiger partial charge is 0.476 e. The summed E-state index contributed by atoms with van der Waals surface area (Å²) < 4.78 is 53.8. The van der Waals surface area contributed by atoms with E-state index in [2.05, 4.69) is 14.3 Å². The van der Waals surface area contributed by atoms with Gasteiger partial charge in [0.1, 0.15) is 10.8 Å². The maximum absolute atomic E-state index is 12.8. The molecule has 0 saturated heterocycles. The van der Waals surface area contributed by atoms with E-state index >= 15 is 0 Å². The lowest BCUT2D eigenvalue weighted by atomic mass is 10.0. The van der Waals surface area contributed by atoms with Crippen molar-refractivity contribution < 1.29 is 27.4 Å². The standard InChI is InChI=1S/C26H28F3N3O3S/c1-4-34-24(33)25(2,3)35-21-10-7-17-11-13-32(14-12-19(17)15-21)16-22-30-23(31-36-22)18-5-8-20(9-6-18)26(27,28)29/h5-10,15H,4,11-14,16H2,1-3H3. The number of esters is 1. The highest BCUT2D eigenvalue weighted by molar-refractivity contribution is 7.05. The van der Waals surface area contributed by atoms with Crippen molar-refractivity contribution in [2.24, 2.45) is 0 Å². The minimum atomic E-state index is -4.37. The molecule has 0 amide bonds. The van der Waals surface area contributed by atoms with Crippen LogP contribution < -0.4 is 4.74 Å². The van der Waals surface area contributed by atoms with Gasteiger partial charge in [-0.1, -0.05) is 18.2 Å². The second kappa shape index (κ2) is 10.6. The second-order valence-corrected chi connectivity index (χ2v) is 9.96. The number of ether oxygens (including phenoxy) is 2. The number of alkyl halides is 3. The number of hydrogen-bond acceptors (Lipinski definition) is 7. The Morgan fingerprint density at radius 3 is 2.42 bits per heavy atom. The minimum absolute atomic E-state index is 0.298. The van der Waals surface area contributed by atoms with Crippen LogP contribution >= 0.6 is 11.5 Å². The summed E-state index contributed by atoms with van der Waals surface area (Å²) in [5.74, 6) is 0.664. The predicted molar refractivity (Wildman–Crippen MR) is 131 cm³/mol. The van der Waals surface area contributed by atoms with Gasteiger partial charge >= 0.3 is 12.1 Å². The number of carbonyl (C=O) groups excluding carboxylic acids is 1. The molecule has 10 heteroatoms. The van der Waals surface area contributed by atoms with Crippen molar-refractivity contribution in [1.29, 1.82) is 0 Å². The van der Waals surface area contributed by atoms with Crippen LogP contribution in [0.4, 0.5) is 13.2 Å². The molecule has 0 fully saturated rings. The van der Waals surface area contributed by atoms with Crippen molar-refractivity contribution in [3.63, 3.8) is 0 Å². The quantitative estimate of drug-likeness (QED) is 0.382. The van der Waals surface area contributed by atoms with Crippen molar-refractivity contribution in [2.75, 3.05) is 19.7 Å². The molecule has 1 aliphatic heterocycles. The molecule has 0 radical (unpaired) electrons. The summed E-state index contributed by atoms with van der Waals surface area (Å²) >= 11 is 1.27. The monoisotopic (exact) mass is 519 g/mol. The Labute approximate surface area is 212 Å². The van der Waals surface area contributed by atoms with E-state index in [1.54, 1.807) is 20.8 Å². The topological polar surface area (TPSA) is 64.6 Å². The van der Waals surface area contributed by atoms with Gasteiger partial charge in [-0.2, -0.15) is 17.5 Å². The lowest BCUT2D eigenvalue weighted by Gasteiger charge is -2.24. The first-order valence-electron chi connectivity index (χ1n) is 11.8. The molecule has 0 N–H and O–H groups in total. The molecule has 36 heavy (non-hydrogen) atoms. The first-order valence-corrected chi connectivity index (χ1v) is 12.5. The first-order chi connectivity index (χ1) is 17.0. The van der Waals surface area contributed by atoms with Gasteiger partial charge in [-0.25, -0.2) is 9.78 Å². The highest BCUT2D eigenvalue weighted by Gasteiger charge is 2.32. The van der Waals surface area contributed by atoms with Crippen LogP contribution in [0.25, 0.3) is 11.4 Å². The maximum atomic E-state index is 12.8. The minimum Gasteiger partial charge on any atom is -0.476 e. The molecule has 6 nitrogen and oxygen atoms in total. The lowest BCUT2D eigenvalue weighted by Crippen LogP contribution is -2.39. The van der Waals surface area contributed by atoms with Crippen molar-refractivity contribution in [3.8, 4) is 17.1 Å². The summed E-state index contributed by atoms with van der Waals surface area (Å²) in [4.78, 5) is 19.0. The van der Waals surface area contributed by atoms with Crippen LogP contribution in [0, 0.1) is 0 Å². The Hall–Kier alpha value is -2.98. The Kier molecular flexibility index (Phi) is 7.65. The lowest BCUT2D eigenvalue weighted by molar-refractivity contribution is -0.158. The second-order valence-electron chi connectivity index (χ2n) is 9.13. The molecule has 2 aromatic carbocycles. The van der Waals surface area contributed by atoms with E-state index < -0.39 is 23.3 Å². The fraction of sp³-hybridized carbons (Fsp3) is 0.423. The first kappa shape index (κ1) is 26.1. The number of carbonyl (C=O) groups is 1. The molecule has 0 saturated carbocycles. The van der Waals surface area contributed by atoms with Gasteiger partial charge in [0, 0.05) is 18.7 Å². The molecule has 1 aromatic heterocycles. The van der Waals surface area contributed by atoms with Gasteiger partial charge in [0.05, 0.1) is 18.7 Å². The summed E-state index contributed by atoms with van der Waals surface area (Å²) in [6.45, 7) is 7.72. The van der Waals surface area contributed by atoms with Crippen molar-refractivity contribution in [1.82, 2.24) is 14.3 Å². The third-order valence-corrected chi connectivity index (χ3v) is 6.71. The average Bonchev–Trinajstić information content (AvgIpc) is 3.20. The van der Waals surface area contributed by atoms with Gasteiger partial charge < -0.3 is 9.47 Å². The fourth-order valence-corrected chi connectivity index (χ4v) is 4.75. The zero-order valence-corrected chi connectivity index (χ0v) is 21.2. The van der Waals surface area contributed by atoms with Crippen molar-refractivity contribution in [2.45, 2.75) is 51.9 Å². The Balaban J connectivity index is 1.38. The molecule has 1 aliphatic rings. The number of rotatable bonds is 7. The van der Waals surface area contributed by atoms with Gasteiger partial charge in [-0.15, -0.1) is 0 Å². The van der Waals surface area contributed by atoms with Gasteiger partial charge in [0.15, 0.2) is 11.4 Å². The SMILES string of the molecule is CCOC(=O)C(C)(C)Oc1ccc2c(c1)CCN(Cc1nc(-c3ccc(C(F)(F)F)cc3)ns1)CC2. The molecule has 192 valence electrons. The van der Waals surface area contributed by atoms with Crippen LogP contribution in [0.3, 0.4) is 0 Å². The van der Waals surface area contributed by atoms with Crippen LogP contribution in [0.2, 0.25) is 0 Å². The molecule has 4 rings (SSSR count). The highest BCUT2D eigenvalue weighted by atomic mass is 32.1. The summed E-state index contributed by atoms with van der Waals surface area (Å²) in [5.41, 5.74) is 1.21. The fourth-order valence-electron chi connectivity index (χ4n) is 4.05. The molecule has 3 aromatic rings. The van der Waals surface area contributed by atoms with Crippen LogP contribution in [-0.2, 0) is 35.1 Å². The van der Waals surface area contributed by atoms with Gasteiger partial charge in [-0.3, -0.25) is 4.90 Å². The Morgan fingerprint density at radius 1 is 1.06 bits per heavy atom. The molecule has 0 unspecified atom stereocenters. The molecule has 2 heterocycles. The highest BCUT2D eigenvalue weighted by Crippen LogP contribution is 2.31. The normalized spacial score (nSPS) is 14.7. The summed E-state index contributed by atoms with van der Waals surface area (Å²) in [6.07, 6.45) is -2.69. The number of aromatic nitrogens is 2. The number of nitrogens with zero attached hydrogens (tertiary/aromatic N) is 3. The van der Waals surface area contributed by atoms with Gasteiger partial charge in [-0.05, 0) is 80.5 Å². The van der Waals surface area contributed by atoms with Gasteiger partial charge in [0.25, 0.3) is 0 Å². The molecule has 0 aliphatic carbocycles. The van der Waals surface area contributed by atoms with Crippen LogP contribution in [0.1, 0.15) is 42.5 Å². The van der Waals surface area contributed by atoms with E-state index in [-0.39, 0.29) is 0 Å². The van der Waals surface area contributed by atoms with Crippen molar-refractivity contribution >= 4 is 17.5 Å². The van der Waals surface area contributed by atoms with E-state index in [0.717, 1.165) is 43.1 Å². The van der Waals surface area contributed by atoms with E-state index in [0.29, 0.717) is 30.3 Å². The third-order valence-electron chi connectivity index (χ3n) is 6.01. The van der Waals surface area contributed by atoms with Crippen LogP contribution in [0.15, 0.2) is 42.5 Å². The van der Waals surface area contributed by atoms with Crippen LogP contribution in [-0.4, -0.2) is 45.5 Å². The maximum Gasteiger partial charge on any atom is 0.416 e. The van der Waals surface area contributed by atoms with E-state index in [1.165, 1.54) is 34.8 Å². The zero-order chi connectivity index (χ0) is 25.9.